The number of ether oxygens (including phenoxy) is 1. The van der Waals surface area contributed by atoms with Crippen molar-refractivity contribution in [2.45, 2.75) is 23.9 Å². The zero-order valence-electron chi connectivity index (χ0n) is 13.2. The maximum absolute atomic E-state index is 12.1. The number of nitrogens with one attached hydrogen (secondary N) is 1. The van der Waals surface area contributed by atoms with Gasteiger partial charge in [-0.2, -0.15) is 0 Å². The van der Waals surface area contributed by atoms with E-state index < -0.39 is 16.1 Å². The van der Waals surface area contributed by atoms with Gasteiger partial charge in [-0.1, -0.05) is 12.1 Å². The molecule has 1 aromatic carbocycles. The molecule has 2 atom stereocenters. The Hall–Kier alpha value is -1.48. The first kappa shape index (κ1) is 18.6. The van der Waals surface area contributed by atoms with E-state index in [9.17, 15) is 13.2 Å². The predicted octanol–water partition coefficient (Wildman–Crippen LogP) is 0.0878. The molecule has 0 bridgehead atoms. The molecule has 0 aliphatic carbocycles. The topological polar surface area (TPSA) is 102 Å². The van der Waals surface area contributed by atoms with Crippen LogP contribution in [0, 0.1) is 0 Å². The Balaban J connectivity index is 2.92. The lowest BCUT2D eigenvalue weighted by molar-refractivity contribution is -0.124. The fraction of sp³-hybridized carbons (Fsp3) is 0.500. The first-order valence-corrected chi connectivity index (χ1v) is 8.21. The fourth-order valence-electron chi connectivity index (χ4n) is 1.81. The summed E-state index contributed by atoms with van der Waals surface area (Å²) in [5, 5.41) is 2.74. The third-order valence-corrected chi connectivity index (χ3v) is 4.99. The van der Waals surface area contributed by atoms with Gasteiger partial charge in [-0.3, -0.25) is 4.79 Å². The van der Waals surface area contributed by atoms with E-state index in [0.717, 1.165) is 4.31 Å². The largest absolute Gasteiger partial charge is 0.383 e. The van der Waals surface area contributed by atoms with Crippen molar-refractivity contribution >= 4 is 15.9 Å². The average Bonchev–Trinajstić information content (AvgIpc) is 2.47. The summed E-state index contributed by atoms with van der Waals surface area (Å²) in [5.74, 6) is -0.352. The van der Waals surface area contributed by atoms with E-state index in [1.807, 2.05) is 0 Å². The smallest absolute Gasteiger partial charge is 0.242 e. The van der Waals surface area contributed by atoms with Crippen molar-refractivity contribution in [1.82, 2.24) is 9.62 Å². The highest BCUT2D eigenvalue weighted by atomic mass is 32.2. The zero-order valence-corrected chi connectivity index (χ0v) is 14.1. The van der Waals surface area contributed by atoms with Crippen molar-refractivity contribution in [2.75, 3.05) is 27.8 Å². The van der Waals surface area contributed by atoms with Gasteiger partial charge >= 0.3 is 0 Å². The molecule has 0 saturated heterocycles. The monoisotopic (exact) mass is 329 g/mol. The van der Waals surface area contributed by atoms with Crippen molar-refractivity contribution in [3.8, 4) is 0 Å². The Morgan fingerprint density at radius 2 is 2.05 bits per heavy atom. The van der Waals surface area contributed by atoms with Gasteiger partial charge in [-0.05, 0) is 24.6 Å². The van der Waals surface area contributed by atoms with Gasteiger partial charge in [0.15, 0.2) is 0 Å². The lowest BCUT2D eigenvalue weighted by Crippen LogP contribution is -2.44. The number of benzene rings is 1. The van der Waals surface area contributed by atoms with Crippen LogP contribution in [0.5, 0.6) is 0 Å². The number of hydrogen-bond donors (Lipinski definition) is 2. The molecular weight excluding hydrogens is 306 g/mol. The third kappa shape index (κ3) is 4.51. The van der Waals surface area contributed by atoms with Gasteiger partial charge in [0, 0.05) is 21.2 Å². The maximum Gasteiger partial charge on any atom is 0.242 e. The van der Waals surface area contributed by atoms with E-state index in [1.54, 1.807) is 25.1 Å². The lowest BCUT2D eigenvalue weighted by atomic mass is 10.1. The summed E-state index contributed by atoms with van der Waals surface area (Å²) in [5.41, 5.74) is 6.33. The SMILES string of the molecule is COCC(N)C(=O)NC(C)c1cccc(S(=O)(=O)N(C)C)c1. The molecule has 1 aromatic rings. The summed E-state index contributed by atoms with van der Waals surface area (Å²) in [6, 6.07) is 5.32. The highest BCUT2D eigenvalue weighted by molar-refractivity contribution is 7.89. The molecule has 2 unspecified atom stereocenters. The molecule has 1 amide bonds. The van der Waals surface area contributed by atoms with Crippen LogP contribution in [0.1, 0.15) is 18.5 Å². The summed E-state index contributed by atoms with van der Waals surface area (Å²) in [7, 11) is 0.892. The number of rotatable bonds is 7. The lowest BCUT2D eigenvalue weighted by Gasteiger charge is -2.19. The standard InChI is InChI=1S/C14H23N3O4S/c1-10(16-14(18)13(15)9-21-4)11-6-5-7-12(8-11)22(19,20)17(2)3/h5-8,10,13H,9,15H2,1-4H3,(H,16,18). The van der Waals surface area contributed by atoms with E-state index in [4.69, 9.17) is 10.5 Å². The van der Waals surface area contributed by atoms with Crippen LogP contribution in [0.2, 0.25) is 0 Å². The van der Waals surface area contributed by atoms with E-state index in [2.05, 4.69) is 5.32 Å². The summed E-state index contributed by atoms with van der Waals surface area (Å²) in [4.78, 5) is 12.0. The number of nitrogens with two attached hydrogens (primary N) is 1. The van der Waals surface area contributed by atoms with Crippen LogP contribution in [0.25, 0.3) is 0 Å². The number of methoxy groups -OCH3 is 1. The Morgan fingerprint density at radius 3 is 2.59 bits per heavy atom. The molecule has 3 N–H and O–H groups in total. The fourth-order valence-corrected chi connectivity index (χ4v) is 2.77. The molecule has 0 radical (unpaired) electrons. The second-order valence-electron chi connectivity index (χ2n) is 5.15. The zero-order chi connectivity index (χ0) is 16.9. The molecule has 0 aliphatic heterocycles. The van der Waals surface area contributed by atoms with E-state index in [-0.39, 0.29) is 23.5 Å². The summed E-state index contributed by atoms with van der Waals surface area (Å²) in [6.45, 7) is 1.88. The Morgan fingerprint density at radius 1 is 1.41 bits per heavy atom. The maximum atomic E-state index is 12.1. The summed E-state index contributed by atoms with van der Waals surface area (Å²) in [6.07, 6.45) is 0. The molecule has 0 aromatic heterocycles. The van der Waals surface area contributed by atoms with Crippen molar-refractivity contribution < 1.29 is 17.9 Å². The normalized spacial score (nSPS) is 14.6. The number of nitrogens with zero attached hydrogens (tertiary/aromatic N) is 1. The molecule has 0 aliphatic rings. The Labute approximate surface area is 131 Å². The number of sulfonamides is 1. The minimum Gasteiger partial charge on any atom is -0.383 e. The van der Waals surface area contributed by atoms with Crippen molar-refractivity contribution in [2.24, 2.45) is 5.73 Å². The second kappa shape index (κ2) is 7.68. The highest BCUT2D eigenvalue weighted by Crippen LogP contribution is 2.19. The molecule has 0 fully saturated rings. The molecule has 0 saturated carbocycles. The molecular formula is C14H23N3O4S. The number of carbonyl (C=O) groups excluding carboxylic acids is 1. The molecule has 7 nitrogen and oxygen atoms in total. The van der Waals surface area contributed by atoms with Crippen molar-refractivity contribution in [3.63, 3.8) is 0 Å². The molecule has 0 heterocycles. The Kier molecular flexibility index (Phi) is 6.48. The molecule has 1 rings (SSSR count). The van der Waals surface area contributed by atoms with Crippen LogP contribution >= 0.6 is 0 Å². The molecule has 0 spiro atoms. The van der Waals surface area contributed by atoms with E-state index in [1.165, 1.54) is 27.3 Å². The minimum absolute atomic E-state index is 0.119. The van der Waals surface area contributed by atoms with E-state index >= 15 is 0 Å². The van der Waals surface area contributed by atoms with Crippen LogP contribution < -0.4 is 11.1 Å². The van der Waals surface area contributed by atoms with E-state index in [0.29, 0.717) is 5.56 Å². The van der Waals surface area contributed by atoms with Gasteiger partial charge < -0.3 is 15.8 Å². The number of hydrogen-bond acceptors (Lipinski definition) is 5. The van der Waals surface area contributed by atoms with Gasteiger partial charge in [0.05, 0.1) is 17.5 Å². The van der Waals surface area contributed by atoms with Gasteiger partial charge in [0.2, 0.25) is 15.9 Å². The first-order valence-electron chi connectivity index (χ1n) is 6.77. The Bertz CT molecular complexity index is 616. The van der Waals surface area contributed by atoms with Gasteiger partial charge in [-0.15, -0.1) is 0 Å². The predicted molar refractivity (Wildman–Crippen MR) is 83.7 cm³/mol. The molecule has 8 heteroatoms. The summed E-state index contributed by atoms with van der Waals surface area (Å²) >= 11 is 0. The first-order chi connectivity index (χ1) is 10.2. The van der Waals surface area contributed by atoms with Crippen LogP contribution in [0.4, 0.5) is 0 Å². The van der Waals surface area contributed by atoms with Crippen LogP contribution in [-0.2, 0) is 19.6 Å². The van der Waals surface area contributed by atoms with Crippen molar-refractivity contribution in [3.05, 3.63) is 29.8 Å². The van der Waals surface area contributed by atoms with Crippen LogP contribution in [0.15, 0.2) is 29.2 Å². The average molecular weight is 329 g/mol. The van der Waals surface area contributed by atoms with Gasteiger partial charge in [-0.25, -0.2) is 12.7 Å². The molecule has 124 valence electrons. The van der Waals surface area contributed by atoms with Crippen LogP contribution in [-0.4, -0.2) is 52.5 Å². The third-order valence-electron chi connectivity index (χ3n) is 3.18. The summed E-state index contributed by atoms with van der Waals surface area (Å²) < 4.78 is 30.2. The van der Waals surface area contributed by atoms with Gasteiger partial charge in [0.25, 0.3) is 0 Å². The molecule has 22 heavy (non-hydrogen) atoms. The minimum atomic E-state index is -3.51. The van der Waals surface area contributed by atoms with Crippen molar-refractivity contribution in [1.29, 1.82) is 0 Å². The number of carbonyl (C=O) groups is 1. The second-order valence-corrected chi connectivity index (χ2v) is 7.30. The van der Waals surface area contributed by atoms with Crippen LogP contribution in [0.3, 0.4) is 0 Å². The highest BCUT2D eigenvalue weighted by Gasteiger charge is 2.20. The van der Waals surface area contributed by atoms with Gasteiger partial charge in [0.1, 0.15) is 6.04 Å². The quantitative estimate of drug-likeness (QED) is 0.738. The number of amides is 1.